The van der Waals surface area contributed by atoms with Gasteiger partial charge in [-0.3, -0.25) is 14.4 Å². The highest BCUT2D eigenvalue weighted by atomic mass is 19.4. The van der Waals surface area contributed by atoms with Crippen LogP contribution in [0.4, 0.5) is 13.2 Å². The molecule has 1 atom stereocenters. The minimum absolute atomic E-state index is 0.0164. The molecule has 1 N–H and O–H groups in total. The molecule has 0 spiro atoms. The van der Waals surface area contributed by atoms with E-state index in [1.54, 1.807) is 32.0 Å². The number of allylic oxidation sites excluding steroid dienone is 1. The lowest BCUT2D eigenvalue weighted by Crippen LogP contribution is -2.66. The van der Waals surface area contributed by atoms with Gasteiger partial charge in [0.15, 0.2) is 28.8 Å². The zero-order chi connectivity index (χ0) is 32.6. The number of amides is 2. The van der Waals surface area contributed by atoms with Crippen molar-refractivity contribution < 1.29 is 51.2 Å². The molecule has 0 saturated carbocycles. The standard InChI is InChI=1S/C31H35F3N2O8/c1-29(2)15-19-25(20(37)16-29)30(31(32,33)34,35-27(38)18-13-23(42-5)26(44-7)24(14-18)43-6)28(39)36(19)11-10-17-8-9-21(40-3)22(12-17)41-4/h8-9,12-14H,10-11,15-16H2,1-7H3,(H,35,38). The van der Waals surface area contributed by atoms with E-state index >= 15 is 13.2 Å². The Kier molecular flexibility index (Phi) is 8.81. The van der Waals surface area contributed by atoms with Gasteiger partial charge in [0, 0.05) is 24.2 Å². The normalized spacial score (nSPS) is 19.5. The number of hydrogen-bond acceptors (Lipinski definition) is 8. The Hall–Kier alpha value is -4.42. The van der Waals surface area contributed by atoms with Crippen molar-refractivity contribution in [3.05, 3.63) is 52.7 Å². The predicted octanol–water partition coefficient (Wildman–Crippen LogP) is 4.49. The zero-order valence-electron chi connectivity index (χ0n) is 25.6. The van der Waals surface area contributed by atoms with E-state index in [4.69, 9.17) is 23.7 Å². The number of carbonyl (C=O) groups excluding carboxylic acids is 3. The topological polar surface area (TPSA) is 113 Å². The number of Topliss-reactive ketones (excluding diaryl/α,β-unsaturated/α-hetero) is 1. The number of methoxy groups -OCH3 is 5. The van der Waals surface area contributed by atoms with Crippen LogP contribution in [-0.4, -0.2) is 76.3 Å². The number of nitrogens with one attached hydrogen (secondary N) is 1. The average molecular weight is 621 g/mol. The molecule has 0 saturated heterocycles. The maximum Gasteiger partial charge on any atom is 0.425 e. The summed E-state index contributed by atoms with van der Waals surface area (Å²) in [5, 5.41) is 1.93. The maximum atomic E-state index is 15.3. The molecule has 0 bridgehead atoms. The van der Waals surface area contributed by atoms with Crippen LogP contribution in [0.2, 0.25) is 0 Å². The lowest BCUT2D eigenvalue weighted by Gasteiger charge is -2.35. The lowest BCUT2D eigenvalue weighted by molar-refractivity contribution is -0.190. The highest BCUT2D eigenvalue weighted by Gasteiger charge is 2.71. The lowest BCUT2D eigenvalue weighted by atomic mass is 9.72. The zero-order valence-corrected chi connectivity index (χ0v) is 25.6. The van der Waals surface area contributed by atoms with Crippen LogP contribution in [-0.2, 0) is 16.0 Å². The van der Waals surface area contributed by atoms with Crippen molar-refractivity contribution in [2.75, 3.05) is 42.1 Å². The van der Waals surface area contributed by atoms with E-state index in [-0.39, 0.29) is 54.3 Å². The van der Waals surface area contributed by atoms with E-state index in [1.807, 2.05) is 5.32 Å². The van der Waals surface area contributed by atoms with Gasteiger partial charge in [0.25, 0.3) is 11.8 Å². The third-order valence-corrected chi connectivity index (χ3v) is 7.84. The number of halogens is 3. The average Bonchev–Trinajstić information content (AvgIpc) is 3.21. The fourth-order valence-corrected chi connectivity index (χ4v) is 5.79. The first kappa shape index (κ1) is 32.5. The van der Waals surface area contributed by atoms with E-state index in [9.17, 15) is 14.4 Å². The van der Waals surface area contributed by atoms with Gasteiger partial charge >= 0.3 is 6.18 Å². The van der Waals surface area contributed by atoms with Crippen LogP contribution in [0.3, 0.4) is 0 Å². The van der Waals surface area contributed by atoms with Crippen molar-refractivity contribution in [1.82, 2.24) is 10.2 Å². The molecule has 13 heteroatoms. The number of ether oxygens (including phenoxy) is 5. The van der Waals surface area contributed by atoms with Crippen molar-refractivity contribution in [2.45, 2.75) is 44.8 Å². The third kappa shape index (κ3) is 5.50. The Bertz CT molecular complexity index is 1490. The number of benzene rings is 2. The SMILES string of the molecule is COc1ccc(CCN2C(=O)C(NC(=O)c3cc(OC)c(OC)c(OC)c3)(C(F)(F)F)C3=C2CC(C)(C)CC3=O)cc1OC. The quantitative estimate of drug-likeness (QED) is 0.414. The minimum Gasteiger partial charge on any atom is -0.493 e. The summed E-state index contributed by atoms with van der Waals surface area (Å²) >= 11 is 0. The van der Waals surface area contributed by atoms with Crippen LogP contribution in [0.1, 0.15) is 42.6 Å². The van der Waals surface area contributed by atoms with Crippen LogP contribution in [0.15, 0.2) is 41.6 Å². The van der Waals surface area contributed by atoms with Gasteiger partial charge in [0.1, 0.15) is 0 Å². The summed E-state index contributed by atoms with van der Waals surface area (Å²) in [6.45, 7) is 3.30. The molecule has 1 unspecified atom stereocenters. The third-order valence-electron chi connectivity index (χ3n) is 7.84. The molecule has 1 heterocycles. The van der Waals surface area contributed by atoms with Crippen LogP contribution in [0, 0.1) is 5.41 Å². The smallest absolute Gasteiger partial charge is 0.425 e. The number of alkyl halides is 3. The van der Waals surface area contributed by atoms with E-state index in [0.29, 0.717) is 17.1 Å². The van der Waals surface area contributed by atoms with Gasteiger partial charge in [-0.1, -0.05) is 19.9 Å². The number of nitrogens with zero attached hydrogens (tertiary/aromatic N) is 1. The Morgan fingerprint density at radius 3 is 1.98 bits per heavy atom. The fourth-order valence-electron chi connectivity index (χ4n) is 5.79. The van der Waals surface area contributed by atoms with Crippen molar-refractivity contribution in [3.8, 4) is 28.7 Å². The molecule has 2 amide bonds. The predicted molar refractivity (Wildman–Crippen MR) is 152 cm³/mol. The van der Waals surface area contributed by atoms with Crippen molar-refractivity contribution in [2.24, 2.45) is 5.41 Å². The highest BCUT2D eigenvalue weighted by molar-refractivity contribution is 6.14. The molecule has 1 aliphatic carbocycles. The summed E-state index contributed by atoms with van der Waals surface area (Å²) in [5.74, 6) is -2.56. The molecule has 0 aromatic heterocycles. The number of ketones is 1. The molecular weight excluding hydrogens is 585 g/mol. The van der Waals surface area contributed by atoms with E-state index in [2.05, 4.69) is 0 Å². The van der Waals surface area contributed by atoms with E-state index < -0.39 is 40.3 Å². The summed E-state index contributed by atoms with van der Waals surface area (Å²) in [6, 6.07) is 7.34. The van der Waals surface area contributed by atoms with Gasteiger partial charge in [-0.2, -0.15) is 13.2 Å². The second-order valence-electron chi connectivity index (χ2n) is 11.3. The second kappa shape index (κ2) is 11.9. The van der Waals surface area contributed by atoms with Gasteiger partial charge in [-0.25, -0.2) is 0 Å². The van der Waals surface area contributed by atoms with Crippen LogP contribution in [0.25, 0.3) is 0 Å². The molecule has 10 nitrogen and oxygen atoms in total. The summed E-state index contributed by atoms with van der Waals surface area (Å²) in [7, 11) is 6.82. The van der Waals surface area contributed by atoms with Crippen LogP contribution in [0.5, 0.6) is 28.7 Å². The first-order valence-electron chi connectivity index (χ1n) is 13.7. The Morgan fingerprint density at radius 1 is 0.864 bits per heavy atom. The fraction of sp³-hybridized carbons (Fsp3) is 0.452. The summed E-state index contributed by atoms with van der Waals surface area (Å²) in [5.41, 5.74) is -4.79. The van der Waals surface area contributed by atoms with Gasteiger partial charge in [0.05, 0.1) is 41.1 Å². The van der Waals surface area contributed by atoms with Crippen molar-refractivity contribution >= 4 is 17.6 Å². The molecule has 44 heavy (non-hydrogen) atoms. The molecule has 238 valence electrons. The van der Waals surface area contributed by atoms with Gasteiger partial charge < -0.3 is 33.9 Å². The molecular formula is C31H35F3N2O8. The van der Waals surface area contributed by atoms with Crippen molar-refractivity contribution in [3.63, 3.8) is 0 Å². The second-order valence-corrected chi connectivity index (χ2v) is 11.3. The molecule has 0 fully saturated rings. The minimum atomic E-state index is -5.36. The number of rotatable bonds is 10. The van der Waals surface area contributed by atoms with Crippen molar-refractivity contribution in [1.29, 1.82) is 0 Å². The van der Waals surface area contributed by atoms with Gasteiger partial charge in [-0.15, -0.1) is 0 Å². The highest BCUT2D eigenvalue weighted by Crippen LogP contribution is 2.52. The molecule has 2 aliphatic rings. The van der Waals surface area contributed by atoms with E-state index in [0.717, 1.165) is 17.0 Å². The Morgan fingerprint density at radius 2 is 1.45 bits per heavy atom. The Labute approximate surface area is 253 Å². The summed E-state index contributed by atoms with van der Waals surface area (Å²) in [4.78, 5) is 42.1. The van der Waals surface area contributed by atoms with Crippen LogP contribution < -0.4 is 29.0 Å². The maximum absolute atomic E-state index is 15.3. The molecule has 0 radical (unpaired) electrons. The largest absolute Gasteiger partial charge is 0.493 e. The van der Waals surface area contributed by atoms with E-state index in [1.165, 1.54) is 35.5 Å². The molecule has 1 aliphatic heterocycles. The van der Waals surface area contributed by atoms with Gasteiger partial charge in [-0.05, 0) is 48.1 Å². The number of hydrogen-bond donors (Lipinski definition) is 1. The molecule has 2 aromatic carbocycles. The monoisotopic (exact) mass is 620 g/mol. The first-order chi connectivity index (χ1) is 20.7. The number of carbonyl (C=O) groups is 3. The first-order valence-corrected chi connectivity index (χ1v) is 13.7. The summed E-state index contributed by atoms with van der Waals surface area (Å²) in [6.07, 6.45) is -5.45. The van der Waals surface area contributed by atoms with Gasteiger partial charge in [0.2, 0.25) is 11.3 Å². The molecule has 4 rings (SSSR count). The molecule has 2 aromatic rings. The van der Waals surface area contributed by atoms with Crippen LogP contribution >= 0.6 is 0 Å². The summed E-state index contributed by atoms with van der Waals surface area (Å²) < 4.78 is 72.1. The Balaban J connectivity index is 1.81.